The normalized spacial score (nSPS) is 35.3. The van der Waals surface area contributed by atoms with Crippen molar-refractivity contribution in [1.82, 2.24) is 0 Å². The van der Waals surface area contributed by atoms with E-state index in [9.17, 15) is 0 Å². The first-order chi connectivity index (χ1) is 8.22. The van der Waals surface area contributed by atoms with Gasteiger partial charge in [0.15, 0.2) is 6.29 Å². The standard InChI is InChI=1S/C6H12O6.C2H2O4/c7-1-2-3(8)4(9)5(10)6(11)12-2;3-1(4)2(5)6/h2-11H,1H2;(H,3,4)(H,5,6)/t2-,3+,4+,5-,6-;/m1./s1. The second-order valence-electron chi connectivity index (χ2n) is 3.33. The van der Waals surface area contributed by atoms with E-state index >= 15 is 0 Å². The van der Waals surface area contributed by atoms with E-state index in [1.54, 1.807) is 0 Å². The fourth-order valence-electron chi connectivity index (χ4n) is 1.08. The predicted molar refractivity (Wildman–Crippen MR) is 51.3 cm³/mol. The van der Waals surface area contributed by atoms with Gasteiger partial charge in [-0.1, -0.05) is 0 Å². The minimum atomic E-state index is -1.82. The van der Waals surface area contributed by atoms with Crippen LogP contribution >= 0.6 is 0 Å². The summed E-state index contributed by atoms with van der Waals surface area (Å²) < 4.78 is 4.58. The van der Waals surface area contributed by atoms with E-state index in [1.807, 2.05) is 0 Å². The molecule has 5 atom stereocenters. The summed E-state index contributed by atoms with van der Waals surface area (Å²) >= 11 is 0. The average Bonchev–Trinajstić information content (AvgIpc) is 2.31. The SMILES string of the molecule is O=C(O)C(=O)O.OC[C@H]1O[C@@H](O)[C@H](O)[C@@H](O)[C@H]1O. The van der Waals surface area contributed by atoms with Crippen molar-refractivity contribution in [2.45, 2.75) is 30.7 Å². The Morgan fingerprint density at radius 1 is 0.889 bits per heavy atom. The summed E-state index contributed by atoms with van der Waals surface area (Å²) in [5, 5.41) is 59.4. The van der Waals surface area contributed by atoms with Crippen LogP contribution < -0.4 is 0 Å². The maximum Gasteiger partial charge on any atom is 0.414 e. The Balaban J connectivity index is 0.000000411. The molecule has 1 heterocycles. The van der Waals surface area contributed by atoms with Crippen LogP contribution in [0, 0.1) is 0 Å². The molecule has 0 unspecified atom stereocenters. The molecule has 0 aromatic carbocycles. The van der Waals surface area contributed by atoms with Crippen molar-refractivity contribution in [3.8, 4) is 0 Å². The summed E-state index contributed by atoms with van der Waals surface area (Å²) in [7, 11) is 0. The van der Waals surface area contributed by atoms with Gasteiger partial charge in [0.25, 0.3) is 0 Å². The second kappa shape index (κ2) is 7.20. The van der Waals surface area contributed by atoms with Crippen molar-refractivity contribution >= 4 is 11.9 Å². The molecule has 0 aromatic heterocycles. The molecule has 0 aromatic rings. The fourth-order valence-corrected chi connectivity index (χ4v) is 1.08. The van der Waals surface area contributed by atoms with E-state index in [0.29, 0.717) is 0 Å². The lowest BCUT2D eigenvalue weighted by Crippen LogP contribution is -2.58. The number of hydrogen-bond donors (Lipinski definition) is 7. The van der Waals surface area contributed by atoms with Crippen molar-refractivity contribution < 1.29 is 50.1 Å². The number of carbonyl (C=O) groups is 2. The van der Waals surface area contributed by atoms with E-state index in [-0.39, 0.29) is 0 Å². The summed E-state index contributed by atoms with van der Waals surface area (Å²) in [6.07, 6.45) is -7.04. The van der Waals surface area contributed by atoms with Gasteiger partial charge in [-0.2, -0.15) is 0 Å². The molecule has 0 saturated carbocycles. The third-order valence-corrected chi connectivity index (χ3v) is 2.05. The molecular weight excluding hydrogens is 256 g/mol. The number of ether oxygens (including phenoxy) is 1. The molecule has 106 valence electrons. The Kier molecular flexibility index (Phi) is 6.68. The average molecular weight is 270 g/mol. The van der Waals surface area contributed by atoms with E-state index in [4.69, 9.17) is 45.3 Å². The summed E-state index contributed by atoms with van der Waals surface area (Å²) in [5.41, 5.74) is 0. The van der Waals surface area contributed by atoms with Crippen LogP contribution in [0.5, 0.6) is 0 Å². The Bertz CT molecular complexity index is 275. The zero-order chi connectivity index (χ0) is 14.5. The number of hydrogen-bond acceptors (Lipinski definition) is 8. The van der Waals surface area contributed by atoms with Crippen molar-refractivity contribution in [2.75, 3.05) is 6.61 Å². The van der Waals surface area contributed by atoms with Gasteiger partial charge in [0, 0.05) is 0 Å². The fraction of sp³-hybridized carbons (Fsp3) is 0.750. The molecule has 0 spiro atoms. The van der Waals surface area contributed by atoms with Gasteiger partial charge in [0.2, 0.25) is 0 Å². The zero-order valence-corrected chi connectivity index (χ0v) is 8.95. The Labute approximate surface area is 100 Å². The molecule has 1 aliphatic rings. The van der Waals surface area contributed by atoms with Crippen molar-refractivity contribution in [1.29, 1.82) is 0 Å². The smallest absolute Gasteiger partial charge is 0.414 e. The van der Waals surface area contributed by atoms with E-state index in [1.165, 1.54) is 0 Å². The number of carboxylic acids is 2. The summed E-state index contributed by atoms with van der Waals surface area (Å²) in [6, 6.07) is 0. The van der Waals surface area contributed by atoms with Crippen LogP contribution in [0.4, 0.5) is 0 Å². The van der Waals surface area contributed by atoms with Crippen LogP contribution in [-0.2, 0) is 14.3 Å². The molecular formula is C8H14O10. The highest BCUT2D eigenvalue weighted by atomic mass is 16.6. The minimum Gasteiger partial charge on any atom is -0.473 e. The highest BCUT2D eigenvalue weighted by Crippen LogP contribution is 2.18. The molecule has 1 fully saturated rings. The predicted octanol–water partition coefficient (Wildman–Crippen LogP) is -4.07. The second-order valence-corrected chi connectivity index (χ2v) is 3.33. The van der Waals surface area contributed by atoms with Crippen LogP contribution in [0.25, 0.3) is 0 Å². The largest absolute Gasteiger partial charge is 0.473 e. The molecule has 1 aliphatic heterocycles. The van der Waals surface area contributed by atoms with Gasteiger partial charge in [0.05, 0.1) is 6.61 Å². The van der Waals surface area contributed by atoms with Gasteiger partial charge in [0.1, 0.15) is 24.4 Å². The highest BCUT2D eigenvalue weighted by Gasteiger charge is 2.42. The Morgan fingerprint density at radius 2 is 1.33 bits per heavy atom. The lowest BCUT2D eigenvalue weighted by atomic mass is 10.00. The molecule has 10 nitrogen and oxygen atoms in total. The van der Waals surface area contributed by atoms with Gasteiger partial charge in [-0.3, -0.25) is 0 Å². The highest BCUT2D eigenvalue weighted by molar-refractivity contribution is 6.27. The Hall–Kier alpha value is -1.30. The minimum absolute atomic E-state index is 0.526. The summed E-state index contributed by atoms with van der Waals surface area (Å²) in [5.74, 6) is -3.65. The summed E-state index contributed by atoms with van der Waals surface area (Å²) in [4.78, 5) is 18.2. The van der Waals surface area contributed by atoms with E-state index in [2.05, 4.69) is 4.74 Å². The van der Waals surface area contributed by atoms with Gasteiger partial charge in [-0.15, -0.1) is 0 Å². The van der Waals surface area contributed by atoms with Crippen LogP contribution in [0.2, 0.25) is 0 Å². The van der Waals surface area contributed by atoms with Crippen molar-refractivity contribution in [2.24, 2.45) is 0 Å². The van der Waals surface area contributed by atoms with Gasteiger partial charge >= 0.3 is 11.9 Å². The molecule has 0 bridgehead atoms. The van der Waals surface area contributed by atoms with Crippen molar-refractivity contribution in [3.63, 3.8) is 0 Å². The molecule has 1 rings (SSSR count). The quantitative estimate of drug-likeness (QED) is 0.231. The number of rotatable bonds is 1. The zero-order valence-electron chi connectivity index (χ0n) is 8.95. The molecule has 18 heavy (non-hydrogen) atoms. The first-order valence-corrected chi connectivity index (χ1v) is 4.67. The van der Waals surface area contributed by atoms with Gasteiger partial charge < -0.3 is 40.5 Å². The molecule has 10 heteroatoms. The first-order valence-electron chi connectivity index (χ1n) is 4.67. The lowest BCUT2D eigenvalue weighted by molar-refractivity contribution is -0.286. The number of carboxylic acid groups (broad SMARTS) is 2. The third kappa shape index (κ3) is 4.52. The third-order valence-electron chi connectivity index (χ3n) is 2.05. The first kappa shape index (κ1) is 16.7. The molecule has 0 radical (unpaired) electrons. The van der Waals surface area contributed by atoms with E-state index < -0.39 is 49.3 Å². The molecule has 1 saturated heterocycles. The topological polar surface area (TPSA) is 185 Å². The van der Waals surface area contributed by atoms with Crippen LogP contribution in [0.3, 0.4) is 0 Å². The van der Waals surface area contributed by atoms with Gasteiger partial charge in [-0.25, -0.2) is 9.59 Å². The molecule has 0 aliphatic carbocycles. The maximum absolute atomic E-state index is 9.12. The molecule has 7 N–H and O–H groups in total. The number of aliphatic carboxylic acids is 2. The van der Waals surface area contributed by atoms with Gasteiger partial charge in [-0.05, 0) is 0 Å². The Morgan fingerprint density at radius 3 is 1.67 bits per heavy atom. The van der Waals surface area contributed by atoms with Crippen LogP contribution in [0.15, 0.2) is 0 Å². The number of aliphatic hydroxyl groups excluding tert-OH is 5. The van der Waals surface area contributed by atoms with Crippen molar-refractivity contribution in [3.05, 3.63) is 0 Å². The summed E-state index contributed by atoms with van der Waals surface area (Å²) in [6.45, 7) is -0.526. The maximum atomic E-state index is 9.12. The lowest BCUT2D eigenvalue weighted by Gasteiger charge is -2.37. The number of aliphatic hydroxyl groups is 5. The molecule has 0 amide bonds. The van der Waals surface area contributed by atoms with E-state index in [0.717, 1.165) is 0 Å². The van der Waals surface area contributed by atoms with Crippen LogP contribution in [-0.4, -0.2) is 85.0 Å². The monoisotopic (exact) mass is 270 g/mol. The van der Waals surface area contributed by atoms with Crippen LogP contribution in [0.1, 0.15) is 0 Å².